The van der Waals surface area contributed by atoms with E-state index in [-0.39, 0.29) is 5.65 Å². The Labute approximate surface area is 169 Å². The highest BCUT2D eigenvalue weighted by Gasteiger charge is 2.34. The number of hydroxylamine groups is 1. The quantitative estimate of drug-likeness (QED) is 0.316. The van der Waals surface area contributed by atoms with Gasteiger partial charge in [-0.25, -0.2) is 15.4 Å². The zero-order valence-corrected chi connectivity index (χ0v) is 16.2. The first-order chi connectivity index (χ1) is 13.8. The van der Waals surface area contributed by atoms with Gasteiger partial charge >= 0.3 is 6.18 Å². The molecule has 0 spiro atoms. The van der Waals surface area contributed by atoms with E-state index in [1.807, 2.05) is 0 Å². The fraction of sp³-hybridized carbons (Fsp3) is 0.118. The smallest absolute Gasteiger partial charge is 0.323 e. The number of aromatic nitrogens is 3. The molecule has 1 amide bonds. The van der Waals surface area contributed by atoms with Crippen LogP contribution < -0.4 is 10.8 Å². The number of pyridine rings is 1. The number of thiazole rings is 1. The van der Waals surface area contributed by atoms with Crippen molar-refractivity contribution < 1.29 is 23.2 Å². The minimum Gasteiger partial charge on any atom is -0.323 e. The van der Waals surface area contributed by atoms with Crippen LogP contribution in [0.2, 0.25) is 0 Å². The van der Waals surface area contributed by atoms with E-state index in [2.05, 4.69) is 15.3 Å². The van der Waals surface area contributed by atoms with Gasteiger partial charge in [-0.3, -0.25) is 14.4 Å². The van der Waals surface area contributed by atoms with E-state index in [9.17, 15) is 18.0 Å². The first-order valence-corrected chi connectivity index (χ1v) is 9.73. The predicted octanol–water partition coefficient (Wildman–Crippen LogP) is 4.71. The minimum atomic E-state index is -4.50. The van der Waals surface area contributed by atoms with Crippen molar-refractivity contribution in [1.29, 1.82) is 0 Å². The first kappa shape index (κ1) is 19.4. The standard InChI is InChI=1S/C17H12F3N5O2S2/c1-8-13(25-6-2-3-9(14(25)22-8)17(18,19)20)11-7-21-16(29-11)23-12-5-4-10(28-12)15(26)24-27/h2-7,27H,1H3,(H,21,23)(H,24,26). The lowest BCUT2D eigenvalue weighted by Crippen LogP contribution is -2.16. The summed E-state index contributed by atoms with van der Waals surface area (Å²) in [6, 6.07) is 5.54. The summed E-state index contributed by atoms with van der Waals surface area (Å²) in [6.07, 6.45) is -1.42. The predicted molar refractivity (Wildman–Crippen MR) is 103 cm³/mol. The number of fused-ring (bicyclic) bond motifs is 1. The molecule has 0 unspecified atom stereocenters. The fourth-order valence-corrected chi connectivity index (χ4v) is 4.61. The normalized spacial score (nSPS) is 11.8. The van der Waals surface area contributed by atoms with Crippen molar-refractivity contribution in [2.75, 3.05) is 5.32 Å². The average molecular weight is 439 g/mol. The number of carbonyl (C=O) groups is 1. The molecule has 4 aromatic rings. The monoisotopic (exact) mass is 439 g/mol. The molecular formula is C17H12F3N5O2S2. The van der Waals surface area contributed by atoms with E-state index < -0.39 is 17.6 Å². The summed E-state index contributed by atoms with van der Waals surface area (Å²) in [5.41, 5.74) is 1.59. The lowest BCUT2D eigenvalue weighted by atomic mass is 10.2. The lowest BCUT2D eigenvalue weighted by molar-refractivity contribution is -0.136. The number of thiophene rings is 1. The van der Waals surface area contributed by atoms with E-state index in [0.717, 1.165) is 17.4 Å². The van der Waals surface area contributed by atoms with Crippen molar-refractivity contribution in [2.45, 2.75) is 13.1 Å². The van der Waals surface area contributed by atoms with Gasteiger partial charge in [0.2, 0.25) is 0 Å². The molecule has 4 heterocycles. The van der Waals surface area contributed by atoms with Gasteiger partial charge in [-0.05, 0) is 31.2 Å². The number of nitrogens with one attached hydrogen (secondary N) is 2. The number of amides is 1. The molecule has 12 heteroatoms. The number of rotatable bonds is 4. The van der Waals surface area contributed by atoms with Crippen LogP contribution in [0.3, 0.4) is 0 Å². The zero-order chi connectivity index (χ0) is 20.8. The third-order valence-corrected chi connectivity index (χ3v) is 5.95. The van der Waals surface area contributed by atoms with Crippen LogP contribution in [0.1, 0.15) is 20.9 Å². The molecule has 0 aliphatic rings. The van der Waals surface area contributed by atoms with Crippen LogP contribution in [0.4, 0.5) is 23.3 Å². The molecule has 150 valence electrons. The third-order valence-electron chi connectivity index (χ3n) is 4.03. The maximum atomic E-state index is 13.3. The van der Waals surface area contributed by atoms with Gasteiger partial charge in [0.05, 0.1) is 31.7 Å². The first-order valence-electron chi connectivity index (χ1n) is 8.10. The zero-order valence-electron chi connectivity index (χ0n) is 14.6. The molecule has 0 radical (unpaired) electrons. The summed E-state index contributed by atoms with van der Waals surface area (Å²) in [4.78, 5) is 20.7. The molecule has 0 fully saturated rings. The number of carbonyl (C=O) groups excluding carboxylic acids is 1. The maximum absolute atomic E-state index is 13.3. The van der Waals surface area contributed by atoms with Crippen molar-refractivity contribution >= 4 is 44.4 Å². The molecule has 0 aliphatic carbocycles. The van der Waals surface area contributed by atoms with Crippen molar-refractivity contribution in [3.05, 3.63) is 52.8 Å². The van der Waals surface area contributed by atoms with Crippen LogP contribution in [0.5, 0.6) is 0 Å². The molecule has 0 aliphatic heterocycles. The Morgan fingerprint density at radius 2 is 2.03 bits per heavy atom. The Hall–Kier alpha value is -2.96. The Morgan fingerprint density at radius 3 is 2.76 bits per heavy atom. The van der Waals surface area contributed by atoms with E-state index in [1.54, 1.807) is 30.7 Å². The van der Waals surface area contributed by atoms with Crippen molar-refractivity contribution in [3.8, 4) is 10.6 Å². The van der Waals surface area contributed by atoms with E-state index in [0.29, 0.717) is 31.3 Å². The third kappa shape index (κ3) is 3.57. The molecule has 4 aromatic heterocycles. The van der Waals surface area contributed by atoms with Gasteiger partial charge in [-0.2, -0.15) is 13.2 Å². The van der Waals surface area contributed by atoms with Gasteiger partial charge < -0.3 is 5.32 Å². The van der Waals surface area contributed by atoms with Crippen LogP contribution >= 0.6 is 22.7 Å². The second-order valence-corrected chi connectivity index (χ2v) is 8.03. The van der Waals surface area contributed by atoms with Crippen LogP contribution in [0.25, 0.3) is 16.2 Å². The summed E-state index contributed by atoms with van der Waals surface area (Å²) in [5.74, 6) is -0.621. The molecule has 0 atom stereocenters. The molecule has 4 rings (SSSR count). The van der Waals surface area contributed by atoms with Crippen molar-refractivity contribution in [1.82, 2.24) is 19.8 Å². The van der Waals surface area contributed by atoms with Crippen LogP contribution in [0.15, 0.2) is 36.7 Å². The van der Waals surface area contributed by atoms with Gasteiger partial charge in [-0.1, -0.05) is 11.3 Å². The van der Waals surface area contributed by atoms with E-state index in [4.69, 9.17) is 5.21 Å². The van der Waals surface area contributed by atoms with Crippen molar-refractivity contribution in [2.24, 2.45) is 0 Å². The summed E-state index contributed by atoms with van der Waals surface area (Å²) >= 11 is 2.36. The number of halogens is 3. The highest BCUT2D eigenvalue weighted by Crippen LogP contribution is 2.37. The van der Waals surface area contributed by atoms with E-state index in [1.165, 1.54) is 28.0 Å². The summed E-state index contributed by atoms with van der Waals surface area (Å²) in [6.45, 7) is 1.65. The Morgan fingerprint density at radius 1 is 1.24 bits per heavy atom. The van der Waals surface area contributed by atoms with Crippen LogP contribution in [-0.4, -0.2) is 25.5 Å². The second kappa shape index (κ2) is 7.13. The number of imidazole rings is 1. The van der Waals surface area contributed by atoms with Crippen molar-refractivity contribution in [3.63, 3.8) is 0 Å². The topological polar surface area (TPSA) is 91.5 Å². The number of alkyl halides is 3. The molecule has 3 N–H and O–H groups in total. The summed E-state index contributed by atoms with van der Waals surface area (Å²) in [5, 5.41) is 12.8. The van der Waals surface area contributed by atoms with Crippen LogP contribution in [0, 0.1) is 6.92 Å². The molecule has 7 nitrogen and oxygen atoms in total. The molecule has 0 saturated heterocycles. The number of hydrogen-bond donors (Lipinski definition) is 3. The van der Waals surface area contributed by atoms with Gasteiger partial charge in [0, 0.05) is 12.4 Å². The minimum absolute atomic E-state index is 0.159. The summed E-state index contributed by atoms with van der Waals surface area (Å²) in [7, 11) is 0. The Balaban J connectivity index is 1.68. The van der Waals surface area contributed by atoms with Crippen LogP contribution in [-0.2, 0) is 6.18 Å². The molecule has 0 saturated carbocycles. The number of anilines is 2. The average Bonchev–Trinajstić information content (AvgIpc) is 3.38. The molecule has 0 bridgehead atoms. The highest BCUT2D eigenvalue weighted by molar-refractivity contribution is 7.20. The number of aryl methyl sites for hydroxylation is 1. The lowest BCUT2D eigenvalue weighted by Gasteiger charge is -2.08. The molecular weight excluding hydrogens is 427 g/mol. The molecule has 0 aromatic carbocycles. The fourth-order valence-electron chi connectivity index (χ4n) is 2.83. The largest absolute Gasteiger partial charge is 0.419 e. The SMILES string of the molecule is Cc1nc2c(C(F)(F)F)cccn2c1-c1cnc(Nc2ccc(C(=O)NO)s2)s1. The van der Waals surface area contributed by atoms with Gasteiger partial charge in [0.15, 0.2) is 5.13 Å². The Bertz CT molecular complexity index is 1210. The Kier molecular flexibility index (Phi) is 4.76. The van der Waals surface area contributed by atoms with Gasteiger partial charge in [0.25, 0.3) is 5.91 Å². The summed E-state index contributed by atoms with van der Waals surface area (Å²) < 4.78 is 41.2. The molecule has 29 heavy (non-hydrogen) atoms. The maximum Gasteiger partial charge on any atom is 0.419 e. The van der Waals surface area contributed by atoms with E-state index >= 15 is 0 Å². The number of nitrogens with zero attached hydrogens (tertiary/aromatic N) is 3. The second-order valence-electron chi connectivity index (χ2n) is 5.92. The highest BCUT2D eigenvalue weighted by atomic mass is 32.1. The van der Waals surface area contributed by atoms with Gasteiger partial charge in [-0.15, -0.1) is 11.3 Å². The van der Waals surface area contributed by atoms with Gasteiger partial charge in [0.1, 0.15) is 5.65 Å². The number of hydrogen-bond acceptors (Lipinski definition) is 7.